The van der Waals surface area contributed by atoms with Crippen LogP contribution in [0.15, 0.2) is 29.3 Å². The SMILES string of the molecule is CC(C)c1ccc(CNC2=NCCN2)cc1. The Kier molecular flexibility index (Phi) is 3.44. The highest BCUT2D eigenvalue weighted by Crippen LogP contribution is 2.14. The third-order valence-corrected chi connectivity index (χ3v) is 2.78. The summed E-state index contributed by atoms with van der Waals surface area (Å²) in [6.07, 6.45) is 0. The number of nitrogens with one attached hydrogen (secondary N) is 2. The van der Waals surface area contributed by atoms with Crippen LogP contribution in [-0.2, 0) is 6.54 Å². The van der Waals surface area contributed by atoms with Crippen LogP contribution >= 0.6 is 0 Å². The van der Waals surface area contributed by atoms with Gasteiger partial charge in [-0.1, -0.05) is 38.1 Å². The summed E-state index contributed by atoms with van der Waals surface area (Å²) >= 11 is 0. The zero-order chi connectivity index (χ0) is 11.4. The van der Waals surface area contributed by atoms with Crippen LogP contribution in [0.4, 0.5) is 0 Å². The summed E-state index contributed by atoms with van der Waals surface area (Å²) in [5.41, 5.74) is 2.68. The number of hydrogen-bond donors (Lipinski definition) is 2. The second-order valence-electron chi connectivity index (χ2n) is 4.41. The number of guanidine groups is 1. The van der Waals surface area contributed by atoms with Crippen molar-refractivity contribution in [3.05, 3.63) is 35.4 Å². The molecule has 0 atom stereocenters. The third-order valence-electron chi connectivity index (χ3n) is 2.78. The number of aliphatic imine (C=N–C) groups is 1. The van der Waals surface area contributed by atoms with Gasteiger partial charge >= 0.3 is 0 Å². The summed E-state index contributed by atoms with van der Waals surface area (Å²) < 4.78 is 0. The molecule has 2 rings (SSSR count). The Morgan fingerprint density at radius 2 is 2.06 bits per heavy atom. The Labute approximate surface area is 97.0 Å². The van der Waals surface area contributed by atoms with Gasteiger partial charge in [0.2, 0.25) is 0 Å². The lowest BCUT2D eigenvalue weighted by atomic mass is 10.0. The zero-order valence-corrected chi connectivity index (χ0v) is 9.96. The van der Waals surface area contributed by atoms with Gasteiger partial charge in [0, 0.05) is 13.1 Å². The molecule has 0 saturated heterocycles. The maximum Gasteiger partial charge on any atom is 0.191 e. The van der Waals surface area contributed by atoms with Gasteiger partial charge in [-0.2, -0.15) is 0 Å². The summed E-state index contributed by atoms with van der Waals surface area (Å²) in [6.45, 7) is 7.10. The van der Waals surface area contributed by atoms with E-state index in [0.29, 0.717) is 5.92 Å². The molecule has 2 N–H and O–H groups in total. The van der Waals surface area contributed by atoms with Gasteiger partial charge in [0.05, 0.1) is 6.54 Å². The van der Waals surface area contributed by atoms with E-state index in [1.807, 2.05) is 0 Å². The molecule has 0 unspecified atom stereocenters. The molecule has 0 saturated carbocycles. The molecule has 0 spiro atoms. The Bertz CT molecular complexity index is 365. The maximum atomic E-state index is 4.29. The van der Waals surface area contributed by atoms with Crippen molar-refractivity contribution in [3.8, 4) is 0 Å². The number of benzene rings is 1. The van der Waals surface area contributed by atoms with Crippen LogP contribution < -0.4 is 10.6 Å². The summed E-state index contributed by atoms with van der Waals surface area (Å²) in [5, 5.41) is 6.48. The summed E-state index contributed by atoms with van der Waals surface area (Å²) in [5.74, 6) is 1.52. The standard InChI is InChI=1S/C13H19N3/c1-10(2)12-5-3-11(4-6-12)9-16-13-14-7-8-15-13/h3-6,10H,7-9H2,1-2H3,(H2,14,15,16). The van der Waals surface area contributed by atoms with E-state index in [1.54, 1.807) is 0 Å². The fourth-order valence-electron chi connectivity index (χ4n) is 1.72. The van der Waals surface area contributed by atoms with Crippen molar-refractivity contribution in [2.45, 2.75) is 26.3 Å². The quantitative estimate of drug-likeness (QED) is 0.810. The summed E-state index contributed by atoms with van der Waals surface area (Å²) in [7, 11) is 0. The topological polar surface area (TPSA) is 36.4 Å². The highest BCUT2D eigenvalue weighted by Gasteiger charge is 2.04. The maximum absolute atomic E-state index is 4.29. The van der Waals surface area contributed by atoms with Crippen molar-refractivity contribution in [3.63, 3.8) is 0 Å². The summed E-state index contributed by atoms with van der Waals surface area (Å²) in [6, 6.07) is 8.76. The molecule has 0 fully saturated rings. The van der Waals surface area contributed by atoms with E-state index in [-0.39, 0.29) is 0 Å². The van der Waals surface area contributed by atoms with Crippen LogP contribution in [0.5, 0.6) is 0 Å². The van der Waals surface area contributed by atoms with E-state index in [1.165, 1.54) is 11.1 Å². The predicted octanol–water partition coefficient (Wildman–Crippen LogP) is 1.86. The normalized spacial score (nSPS) is 14.8. The van der Waals surface area contributed by atoms with Crippen molar-refractivity contribution in [2.75, 3.05) is 13.1 Å². The fourth-order valence-corrected chi connectivity index (χ4v) is 1.72. The molecule has 1 aliphatic heterocycles. The average Bonchev–Trinajstić information content (AvgIpc) is 2.80. The molecule has 0 bridgehead atoms. The molecule has 16 heavy (non-hydrogen) atoms. The lowest BCUT2D eigenvalue weighted by molar-refractivity contribution is 0.850. The van der Waals surface area contributed by atoms with Gasteiger partial charge in [-0.05, 0) is 17.0 Å². The van der Waals surface area contributed by atoms with Crippen LogP contribution in [0.3, 0.4) is 0 Å². The largest absolute Gasteiger partial charge is 0.355 e. The monoisotopic (exact) mass is 217 g/mol. The highest BCUT2D eigenvalue weighted by atomic mass is 15.2. The molecule has 1 aromatic carbocycles. The van der Waals surface area contributed by atoms with E-state index in [2.05, 4.69) is 53.7 Å². The van der Waals surface area contributed by atoms with Crippen molar-refractivity contribution in [1.29, 1.82) is 0 Å². The first kappa shape index (κ1) is 11.0. The molecular formula is C13H19N3. The second-order valence-corrected chi connectivity index (χ2v) is 4.41. The minimum Gasteiger partial charge on any atom is -0.355 e. The van der Waals surface area contributed by atoms with E-state index in [4.69, 9.17) is 0 Å². The fraction of sp³-hybridized carbons (Fsp3) is 0.462. The Morgan fingerprint density at radius 1 is 1.31 bits per heavy atom. The molecule has 86 valence electrons. The van der Waals surface area contributed by atoms with Gasteiger partial charge < -0.3 is 10.6 Å². The van der Waals surface area contributed by atoms with Crippen LogP contribution in [0, 0.1) is 0 Å². The van der Waals surface area contributed by atoms with Crippen LogP contribution in [0.1, 0.15) is 30.9 Å². The zero-order valence-electron chi connectivity index (χ0n) is 9.96. The van der Waals surface area contributed by atoms with Gasteiger partial charge in [0.25, 0.3) is 0 Å². The van der Waals surface area contributed by atoms with Crippen LogP contribution in [0.2, 0.25) is 0 Å². The minimum atomic E-state index is 0.600. The van der Waals surface area contributed by atoms with Crippen LogP contribution in [-0.4, -0.2) is 19.0 Å². The third kappa shape index (κ3) is 2.75. The van der Waals surface area contributed by atoms with Gasteiger partial charge in [0.15, 0.2) is 5.96 Å². The molecule has 0 radical (unpaired) electrons. The second kappa shape index (κ2) is 5.01. The van der Waals surface area contributed by atoms with E-state index < -0.39 is 0 Å². The van der Waals surface area contributed by atoms with Gasteiger partial charge in [0.1, 0.15) is 0 Å². The van der Waals surface area contributed by atoms with Crippen LogP contribution in [0.25, 0.3) is 0 Å². The molecule has 1 aromatic rings. The highest BCUT2D eigenvalue weighted by molar-refractivity contribution is 5.81. The summed E-state index contributed by atoms with van der Waals surface area (Å²) in [4.78, 5) is 4.29. The first-order chi connectivity index (χ1) is 7.75. The van der Waals surface area contributed by atoms with Crippen molar-refractivity contribution in [2.24, 2.45) is 4.99 Å². The molecule has 3 heteroatoms. The Hall–Kier alpha value is -1.51. The molecule has 0 aromatic heterocycles. The van der Waals surface area contributed by atoms with Gasteiger partial charge in [-0.25, -0.2) is 0 Å². The number of hydrogen-bond acceptors (Lipinski definition) is 3. The minimum absolute atomic E-state index is 0.600. The first-order valence-electron chi connectivity index (χ1n) is 5.87. The molecule has 0 amide bonds. The van der Waals surface area contributed by atoms with E-state index >= 15 is 0 Å². The number of nitrogens with zero attached hydrogens (tertiary/aromatic N) is 1. The average molecular weight is 217 g/mol. The molecular weight excluding hydrogens is 198 g/mol. The van der Waals surface area contributed by atoms with Crippen molar-refractivity contribution >= 4 is 5.96 Å². The van der Waals surface area contributed by atoms with E-state index in [0.717, 1.165) is 25.6 Å². The number of rotatable bonds is 3. The van der Waals surface area contributed by atoms with Crippen molar-refractivity contribution < 1.29 is 0 Å². The Morgan fingerprint density at radius 3 is 2.62 bits per heavy atom. The molecule has 1 heterocycles. The molecule has 3 nitrogen and oxygen atoms in total. The predicted molar refractivity (Wildman–Crippen MR) is 67.7 cm³/mol. The molecule has 1 aliphatic rings. The van der Waals surface area contributed by atoms with E-state index in [9.17, 15) is 0 Å². The van der Waals surface area contributed by atoms with Gasteiger partial charge in [-0.15, -0.1) is 0 Å². The smallest absolute Gasteiger partial charge is 0.191 e. The lowest BCUT2D eigenvalue weighted by Gasteiger charge is -2.09. The van der Waals surface area contributed by atoms with Crippen molar-refractivity contribution in [1.82, 2.24) is 10.6 Å². The molecule has 0 aliphatic carbocycles. The first-order valence-corrected chi connectivity index (χ1v) is 5.87. The Balaban J connectivity index is 1.89. The van der Waals surface area contributed by atoms with Gasteiger partial charge in [-0.3, -0.25) is 4.99 Å². The lowest BCUT2D eigenvalue weighted by Crippen LogP contribution is -2.33.